The van der Waals surface area contributed by atoms with Crippen LogP contribution in [0.2, 0.25) is 0 Å². The number of hydrogen-bond donors (Lipinski definition) is 2. The first-order chi connectivity index (χ1) is 12.6. The highest BCUT2D eigenvalue weighted by Crippen LogP contribution is 2.17. The Morgan fingerprint density at radius 3 is 2.42 bits per heavy atom. The van der Waals surface area contributed by atoms with Gasteiger partial charge in [0.2, 0.25) is 0 Å². The zero-order valence-electron chi connectivity index (χ0n) is 13.7. The smallest absolute Gasteiger partial charge is 0.271 e. The summed E-state index contributed by atoms with van der Waals surface area (Å²) in [6, 6.07) is 12.3. The van der Waals surface area contributed by atoms with Crippen molar-refractivity contribution in [2.24, 2.45) is 0 Å². The highest BCUT2D eigenvalue weighted by Gasteiger charge is 2.08. The SMILES string of the molecule is O=C(NCCc1ccc(F)cc1)c1cnc(Nc2ccccc2F)cn1. The summed E-state index contributed by atoms with van der Waals surface area (Å²) in [7, 11) is 0. The summed E-state index contributed by atoms with van der Waals surface area (Å²) in [5.74, 6) is -0.732. The number of nitrogens with zero attached hydrogens (tertiary/aromatic N) is 2. The summed E-state index contributed by atoms with van der Waals surface area (Å²) in [4.78, 5) is 20.2. The van der Waals surface area contributed by atoms with Crippen LogP contribution in [0.1, 0.15) is 16.1 Å². The third-order valence-corrected chi connectivity index (χ3v) is 3.63. The maximum Gasteiger partial charge on any atom is 0.271 e. The number of amides is 1. The van der Waals surface area contributed by atoms with Crippen LogP contribution < -0.4 is 10.6 Å². The van der Waals surface area contributed by atoms with Gasteiger partial charge in [0.05, 0.1) is 18.1 Å². The van der Waals surface area contributed by atoms with Crippen LogP contribution in [0.5, 0.6) is 0 Å². The molecular formula is C19H16F2N4O. The molecule has 2 N–H and O–H groups in total. The molecule has 0 unspecified atom stereocenters. The summed E-state index contributed by atoms with van der Waals surface area (Å²) in [6.45, 7) is 0.390. The number of rotatable bonds is 6. The molecule has 0 aliphatic rings. The lowest BCUT2D eigenvalue weighted by atomic mass is 10.1. The Morgan fingerprint density at radius 2 is 1.73 bits per heavy atom. The third-order valence-electron chi connectivity index (χ3n) is 3.63. The first kappa shape index (κ1) is 17.5. The number of aromatic nitrogens is 2. The minimum Gasteiger partial charge on any atom is -0.350 e. The van der Waals surface area contributed by atoms with Gasteiger partial charge >= 0.3 is 0 Å². The lowest BCUT2D eigenvalue weighted by Crippen LogP contribution is -2.26. The van der Waals surface area contributed by atoms with Crippen molar-refractivity contribution in [1.82, 2.24) is 15.3 Å². The molecule has 2 aromatic carbocycles. The molecule has 5 nitrogen and oxygen atoms in total. The second-order valence-electron chi connectivity index (χ2n) is 5.52. The van der Waals surface area contributed by atoms with Gasteiger partial charge in [-0.05, 0) is 36.2 Å². The number of nitrogens with one attached hydrogen (secondary N) is 2. The van der Waals surface area contributed by atoms with Gasteiger partial charge in [0.1, 0.15) is 23.1 Å². The zero-order chi connectivity index (χ0) is 18.4. The van der Waals surface area contributed by atoms with E-state index in [1.54, 1.807) is 30.3 Å². The van der Waals surface area contributed by atoms with Crippen molar-refractivity contribution < 1.29 is 13.6 Å². The van der Waals surface area contributed by atoms with Crippen molar-refractivity contribution >= 4 is 17.4 Å². The van der Waals surface area contributed by atoms with Gasteiger partial charge in [-0.1, -0.05) is 24.3 Å². The van der Waals surface area contributed by atoms with Crippen LogP contribution in [0, 0.1) is 11.6 Å². The molecule has 0 spiro atoms. The molecule has 0 atom stereocenters. The molecule has 0 aliphatic carbocycles. The van der Waals surface area contributed by atoms with Gasteiger partial charge in [-0.15, -0.1) is 0 Å². The lowest BCUT2D eigenvalue weighted by Gasteiger charge is -2.07. The minimum atomic E-state index is -0.406. The normalized spacial score (nSPS) is 10.4. The molecule has 0 radical (unpaired) electrons. The van der Waals surface area contributed by atoms with Gasteiger partial charge in [-0.2, -0.15) is 0 Å². The van der Waals surface area contributed by atoms with Crippen molar-refractivity contribution in [2.75, 3.05) is 11.9 Å². The van der Waals surface area contributed by atoms with Gasteiger partial charge in [0, 0.05) is 6.54 Å². The van der Waals surface area contributed by atoms with Gasteiger partial charge in [-0.3, -0.25) is 4.79 Å². The third kappa shape index (κ3) is 4.60. The van der Waals surface area contributed by atoms with Gasteiger partial charge in [0.15, 0.2) is 0 Å². The fourth-order valence-corrected chi connectivity index (χ4v) is 2.27. The number of hydrogen-bond acceptors (Lipinski definition) is 4. The van der Waals surface area contributed by atoms with Gasteiger partial charge in [-0.25, -0.2) is 18.7 Å². The van der Waals surface area contributed by atoms with E-state index in [2.05, 4.69) is 20.6 Å². The van der Waals surface area contributed by atoms with Gasteiger partial charge < -0.3 is 10.6 Å². The van der Waals surface area contributed by atoms with Crippen molar-refractivity contribution in [3.63, 3.8) is 0 Å². The van der Waals surface area contributed by atoms with Crippen LogP contribution in [0.3, 0.4) is 0 Å². The molecule has 0 fully saturated rings. The summed E-state index contributed by atoms with van der Waals surface area (Å²) in [5.41, 5.74) is 1.35. The molecule has 0 saturated carbocycles. The van der Waals surface area contributed by atoms with Gasteiger partial charge in [0.25, 0.3) is 5.91 Å². The Morgan fingerprint density at radius 1 is 0.962 bits per heavy atom. The lowest BCUT2D eigenvalue weighted by molar-refractivity contribution is 0.0949. The number of carbonyl (C=O) groups is 1. The van der Waals surface area contributed by atoms with E-state index in [9.17, 15) is 13.6 Å². The number of anilines is 2. The molecule has 0 bridgehead atoms. The Hall–Kier alpha value is -3.35. The topological polar surface area (TPSA) is 66.9 Å². The highest BCUT2D eigenvalue weighted by molar-refractivity contribution is 5.92. The Bertz CT molecular complexity index is 883. The summed E-state index contributed by atoms with van der Waals surface area (Å²) in [6.07, 6.45) is 3.25. The van der Waals surface area contributed by atoms with E-state index in [4.69, 9.17) is 0 Å². The largest absolute Gasteiger partial charge is 0.350 e. The maximum atomic E-state index is 13.6. The molecule has 132 valence electrons. The van der Waals surface area contributed by atoms with Crippen LogP contribution in [-0.2, 0) is 6.42 Å². The molecule has 0 aliphatic heterocycles. The predicted molar refractivity (Wildman–Crippen MR) is 94.2 cm³/mol. The zero-order valence-corrected chi connectivity index (χ0v) is 13.7. The second-order valence-corrected chi connectivity index (χ2v) is 5.52. The maximum absolute atomic E-state index is 13.6. The molecule has 7 heteroatoms. The quantitative estimate of drug-likeness (QED) is 0.711. The van der Waals surface area contributed by atoms with Crippen molar-refractivity contribution in [2.45, 2.75) is 6.42 Å². The number of carbonyl (C=O) groups excluding carboxylic acids is 1. The number of para-hydroxylation sites is 1. The van der Waals surface area contributed by atoms with Crippen LogP contribution >= 0.6 is 0 Å². The summed E-state index contributed by atoms with van der Waals surface area (Å²) >= 11 is 0. The van der Waals surface area contributed by atoms with Crippen molar-refractivity contribution in [1.29, 1.82) is 0 Å². The van der Waals surface area contributed by atoms with Crippen LogP contribution in [0.4, 0.5) is 20.3 Å². The molecule has 1 aromatic heterocycles. The first-order valence-electron chi connectivity index (χ1n) is 7.98. The Balaban J connectivity index is 1.53. The Kier molecular flexibility index (Phi) is 5.48. The van der Waals surface area contributed by atoms with E-state index < -0.39 is 5.82 Å². The molecule has 1 amide bonds. The monoisotopic (exact) mass is 354 g/mol. The first-order valence-corrected chi connectivity index (χ1v) is 7.98. The van der Waals surface area contributed by atoms with E-state index in [-0.39, 0.29) is 23.1 Å². The molecule has 26 heavy (non-hydrogen) atoms. The van der Waals surface area contributed by atoms with Crippen LogP contribution in [-0.4, -0.2) is 22.4 Å². The minimum absolute atomic E-state index is 0.156. The average Bonchev–Trinajstić information content (AvgIpc) is 2.66. The molecule has 3 aromatic rings. The Labute approximate surface area is 149 Å². The van der Waals surface area contributed by atoms with E-state index in [0.29, 0.717) is 18.8 Å². The summed E-state index contributed by atoms with van der Waals surface area (Å²) < 4.78 is 26.4. The highest BCUT2D eigenvalue weighted by atomic mass is 19.1. The average molecular weight is 354 g/mol. The standard InChI is InChI=1S/C19H16F2N4O/c20-14-7-5-13(6-8-14)9-10-22-19(26)17-11-24-18(12-23-17)25-16-4-2-1-3-15(16)21/h1-8,11-12H,9-10H2,(H,22,26)(H,24,25). The fraction of sp³-hybridized carbons (Fsp3) is 0.105. The number of halogens is 2. The van der Waals surface area contributed by atoms with E-state index in [0.717, 1.165) is 5.56 Å². The fourth-order valence-electron chi connectivity index (χ4n) is 2.27. The molecule has 3 rings (SSSR count). The van der Waals surface area contributed by atoms with Crippen molar-refractivity contribution in [3.05, 3.63) is 83.8 Å². The molecular weight excluding hydrogens is 338 g/mol. The predicted octanol–water partition coefficient (Wildman–Crippen LogP) is 3.47. The van der Waals surface area contributed by atoms with E-state index >= 15 is 0 Å². The van der Waals surface area contributed by atoms with Crippen molar-refractivity contribution in [3.8, 4) is 0 Å². The van der Waals surface area contributed by atoms with E-state index in [1.807, 2.05) is 0 Å². The van der Waals surface area contributed by atoms with Crippen LogP contribution in [0.15, 0.2) is 60.9 Å². The molecule has 0 saturated heterocycles. The second kappa shape index (κ2) is 8.15. The summed E-state index contributed by atoms with van der Waals surface area (Å²) in [5, 5.41) is 5.52. The number of benzene rings is 2. The van der Waals surface area contributed by atoms with E-state index in [1.165, 1.54) is 30.6 Å². The molecule has 1 heterocycles. The van der Waals surface area contributed by atoms with Crippen LogP contribution in [0.25, 0.3) is 0 Å².